The average Bonchev–Trinajstić information content (AvgIpc) is 3.25. The second-order valence-corrected chi connectivity index (χ2v) is 7.62. The van der Waals surface area contributed by atoms with E-state index < -0.39 is 5.54 Å². The van der Waals surface area contributed by atoms with Gasteiger partial charge in [0.05, 0.1) is 12.3 Å². The third kappa shape index (κ3) is 3.83. The Bertz CT molecular complexity index is 1240. The smallest absolute Gasteiger partial charge is 0.228 e. The summed E-state index contributed by atoms with van der Waals surface area (Å²) < 4.78 is 7.87. The number of hydrogen-bond acceptors (Lipinski definition) is 4. The van der Waals surface area contributed by atoms with Gasteiger partial charge in [0.1, 0.15) is 17.3 Å². The quantitative estimate of drug-likeness (QED) is 0.281. The fraction of sp³-hybridized carbons (Fsp3) is 0.207. The zero-order valence-corrected chi connectivity index (χ0v) is 20.1. The van der Waals surface area contributed by atoms with Gasteiger partial charge in [-0.2, -0.15) is 5.10 Å². The van der Waals surface area contributed by atoms with Crippen molar-refractivity contribution in [3.63, 3.8) is 0 Å². The molecule has 34 heavy (non-hydrogen) atoms. The minimum absolute atomic E-state index is 0.526. The lowest BCUT2D eigenvalue weighted by molar-refractivity contribution is 0.330. The van der Waals surface area contributed by atoms with Crippen LogP contribution in [0.2, 0.25) is 0 Å². The van der Waals surface area contributed by atoms with Gasteiger partial charge in [-0.15, -0.1) is 0 Å². The van der Waals surface area contributed by atoms with E-state index in [0.717, 1.165) is 33.4 Å². The van der Waals surface area contributed by atoms with Gasteiger partial charge < -0.3 is 4.74 Å². The monoisotopic (exact) mass is 450 g/mol. The molecule has 5 rings (SSSR count). The van der Waals surface area contributed by atoms with Crippen molar-refractivity contribution in [3.05, 3.63) is 120 Å². The van der Waals surface area contributed by atoms with E-state index in [2.05, 4.69) is 77.8 Å². The number of nitrogens with zero attached hydrogens (tertiary/aromatic N) is 4. The first-order valence-electron chi connectivity index (χ1n) is 11.8. The van der Waals surface area contributed by atoms with Gasteiger partial charge >= 0.3 is 0 Å². The van der Waals surface area contributed by atoms with Crippen molar-refractivity contribution in [2.24, 2.45) is 0 Å². The number of aryl methyl sites for hydroxylation is 1. The second-order valence-electron chi connectivity index (χ2n) is 7.62. The van der Waals surface area contributed by atoms with Crippen LogP contribution in [-0.2, 0) is 5.54 Å². The van der Waals surface area contributed by atoms with Crippen molar-refractivity contribution in [3.8, 4) is 5.88 Å². The number of ether oxygens (including phenoxy) is 1. The second kappa shape index (κ2) is 10.3. The summed E-state index contributed by atoms with van der Waals surface area (Å²) in [5.41, 5.74) is 4.12. The minimum Gasteiger partial charge on any atom is -0.477 e. The molecule has 0 saturated carbocycles. The number of rotatable bonds is 6. The number of aromatic nitrogens is 4. The predicted molar refractivity (Wildman–Crippen MR) is 137 cm³/mol. The van der Waals surface area contributed by atoms with Gasteiger partial charge in [0.25, 0.3) is 0 Å². The maximum absolute atomic E-state index is 5.84. The van der Waals surface area contributed by atoms with Gasteiger partial charge in [-0.05, 0) is 30.5 Å². The molecule has 5 heteroatoms. The lowest BCUT2D eigenvalue weighted by Gasteiger charge is -2.36. The third-order valence-corrected chi connectivity index (χ3v) is 5.78. The average molecular weight is 451 g/mol. The fourth-order valence-corrected chi connectivity index (χ4v) is 4.47. The molecular formula is C29H30N4O. The van der Waals surface area contributed by atoms with Crippen LogP contribution < -0.4 is 4.74 Å². The first kappa shape index (κ1) is 23.2. The van der Waals surface area contributed by atoms with Crippen LogP contribution in [-0.4, -0.2) is 26.4 Å². The molecule has 0 spiro atoms. The highest BCUT2D eigenvalue weighted by Gasteiger charge is 2.41. The molecule has 0 aliphatic rings. The van der Waals surface area contributed by atoms with Gasteiger partial charge in [0, 0.05) is 0 Å². The first-order chi connectivity index (χ1) is 16.8. The molecule has 0 amide bonds. The van der Waals surface area contributed by atoms with Gasteiger partial charge in [0.15, 0.2) is 5.65 Å². The molecule has 0 N–H and O–H groups in total. The van der Waals surface area contributed by atoms with Crippen molar-refractivity contribution in [2.45, 2.75) is 33.2 Å². The standard InChI is InChI=1S/C27H24N4O.C2H6/c1-3-32-26-24-20(2)30-31(25(24)28-19-29-26)27(21-13-7-4-8-14-21,22-15-9-5-10-16-22)23-17-11-6-12-18-23;1-2/h4-19H,3H2,1-2H3;1-2H3. The van der Waals surface area contributed by atoms with Crippen molar-refractivity contribution < 1.29 is 4.74 Å². The highest BCUT2D eigenvalue weighted by atomic mass is 16.5. The molecule has 0 atom stereocenters. The van der Waals surface area contributed by atoms with Gasteiger partial charge in [0.2, 0.25) is 5.88 Å². The molecule has 3 aromatic carbocycles. The Balaban J connectivity index is 0.00000133. The normalized spacial score (nSPS) is 11.1. The third-order valence-electron chi connectivity index (χ3n) is 5.78. The number of benzene rings is 3. The summed E-state index contributed by atoms with van der Waals surface area (Å²) in [6.45, 7) is 8.46. The van der Waals surface area contributed by atoms with Crippen LogP contribution in [0.3, 0.4) is 0 Å². The Labute approximate surface area is 201 Å². The van der Waals surface area contributed by atoms with Crippen LogP contribution in [0.15, 0.2) is 97.3 Å². The predicted octanol–water partition coefficient (Wildman–Crippen LogP) is 6.40. The van der Waals surface area contributed by atoms with Gasteiger partial charge in [-0.25, -0.2) is 14.6 Å². The zero-order chi connectivity index (χ0) is 24.0. The summed E-state index contributed by atoms with van der Waals surface area (Å²) in [6, 6.07) is 31.4. The molecule has 5 aromatic rings. The molecule has 0 aliphatic heterocycles. The largest absolute Gasteiger partial charge is 0.477 e. The summed E-state index contributed by atoms with van der Waals surface area (Å²) in [5.74, 6) is 0.560. The van der Waals surface area contributed by atoms with Crippen LogP contribution >= 0.6 is 0 Å². The van der Waals surface area contributed by atoms with Crippen LogP contribution in [0.25, 0.3) is 11.0 Å². The van der Waals surface area contributed by atoms with E-state index in [4.69, 9.17) is 14.8 Å². The molecule has 2 aromatic heterocycles. The van der Waals surface area contributed by atoms with Crippen molar-refractivity contribution in [1.82, 2.24) is 19.7 Å². The summed E-state index contributed by atoms with van der Waals surface area (Å²) in [6.07, 6.45) is 1.55. The van der Waals surface area contributed by atoms with E-state index in [0.29, 0.717) is 12.5 Å². The highest BCUT2D eigenvalue weighted by Crippen LogP contribution is 2.42. The van der Waals surface area contributed by atoms with E-state index in [1.165, 1.54) is 0 Å². The number of fused-ring (bicyclic) bond motifs is 1. The molecular weight excluding hydrogens is 420 g/mol. The first-order valence-corrected chi connectivity index (χ1v) is 11.8. The van der Waals surface area contributed by atoms with Crippen molar-refractivity contribution in [1.29, 1.82) is 0 Å². The Hall–Kier alpha value is -3.99. The maximum Gasteiger partial charge on any atom is 0.228 e. The van der Waals surface area contributed by atoms with Crippen molar-refractivity contribution >= 4 is 11.0 Å². The Morgan fingerprint density at radius 3 is 1.65 bits per heavy atom. The molecule has 0 saturated heterocycles. The Morgan fingerprint density at radius 1 is 0.735 bits per heavy atom. The van der Waals surface area contributed by atoms with E-state index in [1.807, 2.05) is 50.6 Å². The molecule has 5 nitrogen and oxygen atoms in total. The zero-order valence-electron chi connectivity index (χ0n) is 20.1. The molecule has 0 radical (unpaired) electrons. The molecule has 0 unspecified atom stereocenters. The SMILES string of the molecule is CC.CCOc1ncnc2c1c(C)nn2C(c1ccccc1)(c1ccccc1)c1ccccc1. The minimum atomic E-state index is -0.728. The van der Waals surface area contributed by atoms with Crippen LogP contribution in [0, 0.1) is 6.92 Å². The summed E-state index contributed by atoms with van der Waals surface area (Å²) in [5, 5.41) is 5.90. The van der Waals surface area contributed by atoms with E-state index in [1.54, 1.807) is 6.33 Å². The molecule has 0 fully saturated rings. The molecule has 2 heterocycles. The summed E-state index contributed by atoms with van der Waals surface area (Å²) in [4.78, 5) is 9.08. The maximum atomic E-state index is 5.84. The Morgan fingerprint density at radius 2 is 1.21 bits per heavy atom. The van der Waals surface area contributed by atoms with E-state index in [9.17, 15) is 0 Å². The molecule has 0 aliphatic carbocycles. The lowest BCUT2D eigenvalue weighted by atomic mass is 9.77. The van der Waals surface area contributed by atoms with Gasteiger partial charge in [-0.3, -0.25) is 0 Å². The molecule has 172 valence electrons. The van der Waals surface area contributed by atoms with E-state index >= 15 is 0 Å². The highest BCUT2D eigenvalue weighted by molar-refractivity contribution is 5.84. The van der Waals surface area contributed by atoms with Crippen LogP contribution in [0.5, 0.6) is 5.88 Å². The van der Waals surface area contributed by atoms with Crippen LogP contribution in [0.4, 0.5) is 0 Å². The summed E-state index contributed by atoms with van der Waals surface area (Å²) in [7, 11) is 0. The number of hydrogen-bond donors (Lipinski definition) is 0. The molecule has 0 bridgehead atoms. The van der Waals surface area contributed by atoms with Crippen molar-refractivity contribution in [2.75, 3.05) is 6.61 Å². The van der Waals surface area contributed by atoms with E-state index in [-0.39, 0.29) is 0 Å². The van der Waals surface area contributed by atoms with Crippen LogP contribution in [0.1, 0.15) is 43.2 Å². The summed E-state index contributed by atoms with van der Waals surface area (Å²) >= 11 is 0. The Kier molecular flexibility index (Phi) is 7.02. The fourth-order valence-electron chi connectivity index (χ4n) is 4.47. The lowest BCUT2D eigenvalue weighted by Crippen LogP contribution is -2.38. The topological polar surface area (TPSA) is 52.8 Å². The van der Waals surface area contributed by atoms with Gasteiger partial charge in [-0.1, -0.05) is 105 Å².